The highest BCUT2D eigenvalue weighted by Gasteiger charge is 2.32. The second-order valence-corrected chi connectivity index (χ2v) is 7.80. The van der Waals surface area contributed by atoms with E-state index in [1.54, 1.807) is 0 Å². The van der Waals surface area contributed by atoms with Gasteiger partial charge in [0.2, 0.25) is 0 Å². The minimum Gasteiger partial charge on any atom is -0.336 e. The highest BCUT2D eigenvalue weighted by Crippen LogP contribution is 2.23. The molecule has 1 atom stereocenters. The summed E-state index contributed by atoms with van der Waals surface area (Å²) in [7, 11) is 0. The first-order valence-corrected chi connectivity index (χ1v) is 9.72. The van der Waals surface area contributed by atoms with Crippen molar-refractivity contribution in [3.05, 3.63) is 51.8 Å². The third kappa shape index (κ3) is 3.26. The van der Waals surface area contributed by atoms with Crippen LogP contribution in [0, 0.1) is 13.8 Å². The van der Waals surface area contributed by atoms with Gasteiger partial charge in [-0.1, -0.05) is 23.7 Å². The quantitative estimate of drug-likeness (QED) is 0.831. The number of piperazine rings is 1. The van der Waals surface area contributed by atoms with E-state index in [4.69, 9.17) is 11.6 Å². The summed E-state index contributed by atoms with van der Waals surface area (Å²) in [6.45, 7) is 8.45. The van der Waals surface area contributed by atoms with Crippen LogP contribution < -0.4 is 0 Å². The molecule has 0 N–H and O–H groups in total. The van der Waals surface area contributed by atoms with E-state index in [-0.39, 0.29) is 5.91 Å². The second kappa shape index (κ2) is 7.05. The molecule has 2 fully saturated rings. The maximum Gasteiger partial charge on any atom is 0.253 e. The van der Waals surface area contributed by atoms with Crippen LogP contribution >= 0.6 is 11.6 Å². The van der Waals surface area contributed by atoms with Gasteiger partial charge in [0.15, 0.2) is 0 Å². The van der Waals surface area contributed by atoms with Crippen molar-refractivity contribution in [2.45, 2.75) is 39.3 Å². The summed E-state index contributed by atoms with van der Waals surface area (Å²) < 4.78 is 1.91. The first kappa shape index (κ1) is 17.6. The van der Waals surface area contributed by atoms with Crippen LogP contribution in [-0.2, 0) is 6.54 Å². The standard InChI is InChI=1S/C20H25ClN4O/c1-14-19(21)15(2)25(22-14)12-16-5-7-17(8-6-16)20(26)24-11-10-23-9-3-4-18(23)13-24/h5-8,18H,3-4,9-13H2,1-2H3/t18-/m0/s1. The van der Waals surface area contributed by atoms with Crippen molar-refractivity contribution in [1.29, 1.82) is 0 Å². The maximum atomic E-state index is 12.8. The summed E-state index contributed by atoms with van der Waals surface area (Å²) in [5, 5.41) is 5.20. The van der Waals surface area contributed by atoms with Crippen molar-refractivity contribution in [1.82, 2.24) is 19.6 Å². The highest BCUT2D eigenvalue weighted by molar-refractivity contribution is 6.31. The zero-order chi connectivity index (χ0) is 18.3. The third-order valence-corrected chi connectivity index (χ3v) is 6.25. The lowest BCUT2D eigenvalue weighted by atomic mass is 10.1. The Labute approximate surface area is 159 Å². The van der Waals surface area contributed by atoms with E-state index in [0.29, 0.717) is 12.6 Å². The number of fused-ring (bicyclic) bond motifs is 1. The molecule has 1 aromatic carbocycles. The summed E-state index contributed by atoms with van der Waals surface area (Å²) in [6.07, 6.45) is 2.48. The number of carbonyl (C=O) groups excluding carboxylic acids is 1. The average Bonchev–Trinajstić information content (AvgIpc) is 3.22. The number of hydrogen-bond acceptors (Lipinski definition) is 3. The van der Waals surface area contributed by atoms with Gasteiger partial charge in [-0.2, -0.15) is 5.10 Å². The summed E-state index contributed by atoms with van der Waals surface area (Å²) in [5.74, 6) is 0.150. The van der Waals surface area contributed by atoms with Crippen LogP contribution in [-0.4, -0.2) is 57.7 Å². The predicted octanol–water partition coefficient (Wildman–Crippen LogP) is 3.12. The van der Waals surface area contributed by atoms with Crippen LogP contribution in [0.15, 0.2) is 24.3 Å². The topological polar surface area (TPSA) is 41.4 Å². The number of aromatic nitrogens is 2. The van der Waals surface area contributed by atoms with E-state index in [1.807, 2.05) is 47.7 Å². The molecule has 2 saturated heterocycles. The number of nitrogens with zero attached hydrogens (tertiary/aromatic N) is 4. The fourth-order valence-corrected chi connectivity index (χ4v) is 4.25. The molecule has 0 bridgehead atoms. The van der Waals surface area contributed by atoms with Gasteiger partial charge in [0.25, 0.3) is 5.91 Å². The molecule has 0 radical (unpaired) electrons. The summed E-state index contributed by atoms with van der Waals surface area (Å²) in [4.78, 5) is 17.4. The van der Waals surface area contributed by atoms with Gasteiger partial charge in [-0.05, 0) is 50.9 Å². The molecule has 0 aliphatic carbocycles. The Morgan fingerprint density at radius 2 is 1.96 bits per heavy atom. The van der Waals surface area contributed by atoms with Crippen molar-refractivity contribution in [2.24, 2.45) is 0 Å². The minimum absolute atomic E-state index is 0.150. The van der Waals surface area contributed by atoms with E-state index >= 15 is 0 Å². The summed E-state index contributed by atoms with van der Waals surface area (Å²) in [6, 6.07) is 8.47. The molecule has 138 valence electrons. The minimum atomic E-state index is 0.150. The van der Waals surface area contributed by atoms with Gasteiger partial charge in [-0.3, -0.25) is 14.4 Å². The fourth-order valence-electron chi connectivity index (χ4n) is 4.11. The second-order valence-electron chi connectivity index (χ2n) is 7.42. The number of carbonyl (C=O) groups is 1. The molecule has 2 aliphatic rings. The van der Waals surface area contributed by atoms with Crippen LogP contribution in [0.25, 0.3) is 0 Å². The summed E-state index contributed by atoms with van der Waals surface area (Å²) in [5.41, 5.74) is 3.71. The monoisotopic (exact) mass is 372 g/mol. The summed E-state index contributed by atoms with van der Waals surface area (Å²) >= 11 is 6.22. The Kier molecular flexibility index (Phi) is 4.76. The Morgan fingerprint density at radius 3 is 2.65 bits per heavy atom. The molecule has 26 heavy (non-hydrogen) atoms. The van der Waals surface area contributed by atoms with Crippen LogP contribution in [0.3, 0.4) is 0 Å². The lowest BCUT2D eigenvalue weighted by molar-refractivity contribution is 0.0571. The molecule has 2 aliphatic heterocycles. The molecule has 0 spiro atoms. The van der Waals surface area contributed by atoms with E-state index < -0.39 is 0 Å². The van der Waals surface area contributed by atoms with Crippen LogP contribution in [0.5, 0.6) is 0 Å². The number of halogens is 1. The number of aryl methyl sites for hydroxylation is 1. The lowest BCUT2D eigenvalue weighted by Gasteiger charge is -2.37. The van der Waals surface area contributed by atoms with Gasteiger partial charge in [0.05, 0.1) is 23.0 Å². The van der Waals surface area contributed by atoms with Gasteiger partial charge in [0.1, 0.15) is 0 Å². The Hall–Kier alpha value is -1.85. The van der Waals surface area contributed by atoms with Gasteiger partial charge < -0.3 is 4.90 Å². The van der Waals surface area contributed by atoms with Gasteiger partial charge in [0, 0.05) is 31.2 Å². The molecule has 2 aromatic rings. The molecule has 3 heterocycles. The van der Waals surface area contributed by atoms with Crippen LogP contribution in [0.4, 0.5) is 0 Å². The highest BCUT2D eigenvalue weighted by atomic mass is 35.5. The van der Waals surface area contributed by atoms with E-state index in [2.05, 4.69) is 10.00 Å². The van der Waals surface area contributed by atoms with Gasteiger partial charge in [-0.15, -0.1) is 0 Å². The smallest absolute Gasteiger partial charge is 0.253 e. The molecule has 6 heteroatoms. The number of amides is 1. The predicted molar refractivity (Wildman–Crippen MR) is 103 cm³/mol. The Morgan fingerprint density at radius 1 is 1.19 bits per heavy atom. The zero-order valence-corrected chi connectivity index (χ0v) is 16.2. The largest absolute Gasteiger partial charge is 0.336 e. The van der Waals surface area contributed by atoms with Gasteiger partial charge >= 0.3 is 0 Å². The maximum absolute atomic E-state index is 12.8. The van der Waals surface area contributed by atoms with E-state index in [0.717, 1.165) is 47.2 Å². The first-order chi connectivity index (χ1) is 12.5. The molecule has 4 rings (SSSR count). The van der Waals surface area contributed by atoms with Crippen molar-refractivity contribution >= 4 is 17.5 Å². The SMILES string of the molecule is Cc1nn(Cc2ccc(C(=O)N3CCN4CCC[C@H]4C3)cc2)c(C)c1Cl. The van der Waals surface area contributed by atoms with Gasteiger partial charge in [-0.25, -0.2) is 0 Å². The number of hydrogen-bond donors (Lipinski definition) is 0. The van der Waals surface area contributed by atoms with Crippen LogP contribution in [0.2, 0.25) is 5.02 Å². The van der Waals surface area contributed by atoms with E-state index in [1.165, 1.54) is 19.4 Å². The first-order valence-electron chi connectivity index (χ1n) is 9.34. The molecule has 0 saturated carbocycles. The molecular weight excluding hydrogens is 348 g/mol. The Balaban J connectivity index is 1.43. The normalized spacial score (nSPS) is 20.4. The van der Waals surface area contributed by atoms with Crippen molar-refractivity contribution in [2.75, 3.05) is 26.2 Å². The third-order valence-electron chi connectivity index (χ3n) is 5.70. The number of rotatable bonds is 3. The van der Waals surface area contributed by atoms with Crippen molar-refractivity contribution in [3.63, 3.8) is 0 Å². The molecule has 5 nitrogen and oxygen atoms in total. The zero-order valence-electron chi connectivity index (χ0n) is 15.4. The van der Waals surface area contributed by atoms with Crippen molar-refractivity contribution < 1.29 is 4.79 Å². The lowest BCUT2D eigenvalue weighted by Crippen LogP contribution is -2.52. The molecule has 0 unspecified atom stereocenters. The van der Waals surface area contributed by atoms with E-state index in [9.17, 15) is 4.79 Å². The molecule has 1 aromatic heterocycles. The fraction of sp³-hybridized carbons (Fsp3) is 0.500. The average molecular weight is 373 g/mol. The Bertz CT molecular complexity index is 814. The van der Waals surface area contributed by atoms with Crippen LogP contribution in [0.1, 0.15) is 40.2 Å². The number of benzene rings is 1. The molecular formula is C20H25ClN4O. The molecule has 1 amide bonds. The van der Waals surface area contributed by atoms with Crippen molar-refractivity contribution in [3.8, 4) is 0 Å².